The fraction of sp³-hybridized carbons (Fsp3) is 0.647. The Balaban J connectivity index is 1.74. The van der Waals surface area contributed by atoms with Crippen molar-refractivity contribution < 1.29 is 0 Å². The van der Waals surface area contributed by atoms with Crippen LogP contribution in [0, 0.1) is 12.3 Å². The molecule has 0 aliphatic heterocycles. The Morgan fingerprint density at radius 1 is 0.889 bits per heavy atom. The third-order valence-corrected chi connectivity index (χ3v) is 5.17. The molecule has 0 heterocycles. The monoisotopic (exact) mass is 243 g/mol. The Morgan fingerprint density at radius 3 is 2.00 bits per heavy atom. The third kappa shape index (κ3) is 2.09. The molecule has 3 rings (SSSR count). The minimum absolute atomic E-state index is 0.0297. The molecule has 1 nitrogen and oxygen atoms in total. The van der Waals surface area contributed by atoms with Gasteiger partial charge in [-0.15, -0.1) is 0 Å². The second-order valence-electron chi connectivity index (χ2n) is 6.79. The van der Waals surface area contributed by atoms with Crippen LogP contribution in [0.4, 0.5) is 0 Å². The molecule has 1 aromatic carbocycles. The van der Waals surface area contributed by atoms with Gasteiger partial charge in [-0.2, -0.15) is 0 Å². The summed E-state index contributed by atoms with van der Waals surface area (Å²) in [7, 11) is 0. The van der Waals surface area contributed by atoms with Crippen molar-refractivity contribution in [2.75, 3.05) is 0 Å². The molecule has 2 saturated carbocycles. The van der Waals surface area contributed by atoms with Gasteiger partial charge in [0, 0.05) is 5.54 Å². The summed E-state index contributed by atoms with van der Waals surface area (Å²) in [6.45, 7) is 2.14. The number of benzene rings is 1. The van der Waals surface area contributed by atoms with Crippen LogP contribution in [0.25, 0.3) is 0 Å². The van der Waals surface area contributed by atoms with Crippen molar-refractivity contribution in [2.24, 2.45) is 11.1 Å². The molecule has 2 aliphatic carbocycles. The summed E-state index contributed by atoms with van der Waals surface area (Å²) in [6, 6.07) is 8.86. The molecule has 0 radical (unpaired) electrons. The summed E-state index contributed by atoms with van der Waals surface area (Å²) in [5.41, 5.74) is 9.87. The van der Waals surface area contributed by atoms with E-state index in [2.05, 4.69) is 31.2 Å². The molecule has 18 heavy (non-hydrogen) atoms. The number of aryl methyl sites for hydroxylation is 1. The summed E-state index contributed by atoms with van der Waals surface area (Å²) in [5.74, 6) is 0. The number of rotatable bonds is 1. The van der Waals surface area contributed by atoms with Gasteiger partial charge in [0.2, 0.25) is 0 Å². The molecular weight excluding hydrogens is 218 g/mol. The van der Waals surface area contributed by atoms with E-state index < -0.39 is 0 Å². The first kappa shape index (κ1) is 12.2. The summed E-state index contributed by atoms with van der Waals surface area (Å²) < 4.78 is 0. The Kier molecular flexibility index (Phi) is 2.97. The molecule has 0 saturated heterocycles. The highest BCUT2D eigenvalue weighted by molar-refractivity contribution is 5.31. The van der Waals surface area contributed by atoms with Crippen LogP contribution >= 0.6 is 0 Å². The van der Waals surface area contributed by atoms with Crippen molar-refractivity contribution in [3.63, 3.8) is 0 Å². The van der Waals surface area contributed by atoms with E-state index >= 15 is 0 Å². The minimum atomic E-state index is -0.0297. The summed E-state index contributed by atoms with van der Waals surface area (Å²) in [6.07, 6.45) is 11.0. The quantitative estimate of drug-likeness (QED) is 0.782. The van der Waals surface area contributed by atoms with Crippen molar-refractivity contribution in [1.29, 1.82) is 0 Å². The smallest absolute Gasteiger partial charge is 0.0420 e. The molecule has 0 aromatic heterocycles. The van der Waals surface area contributed by atoms with Crippen molar-refractivity contribution in [2.45, 2.75) is 63.8 Å². The van der Waals surface area contributed by atoms with Crippen LogP contribution in [0.1, 0.15) is 62.5 Å². The average Bonchev–Trinajstić information content (AvgIpc) is 2.55. The Bertz CT molecular complexity index is 402. The van der Waals surface area contributed by atoms with Gasteiger partial charge in [-0.25, -0.2) is 0 Å². The van der Waals surface area contributed by atoms with Crippen molar-refractivity contribution in [1.82, 2.24) is 0 Å². The zero-order valence-corrected chi connectivity index (χ0v) is 11.5. The van der Waals surface area contributed by atoms with E-state index in [1.54, 1.807) is 0 Å². The van der Waals surface area contributed by atoms with E-state index in [9.17, 15) is 0 Å². The van der Waals surface area contributed by atoms with Crippen molar-refractivity contribution >= 4 is 0 Å². The van der Waals surface area contributed by atoms with Crippen LogP contribution in [-0.4, -0.2) is 0 Å². The van der Waals surface area contributed by atoms with E-state index in [1.165, 1.54) is 62.5 Å². The fourth-order valence-corrected chi connectivity index (χ4v) is 4.21. The second-order valence-corrected chi connectivity index (χ2v) is 6.79. The first-order valence-corrected chi connectivity index (χ1v) is 7.48. The number of nitrogens with two attached hydrogens (primary N) is 1. The highest BCUT2D eigenvalue weighted by Crippen LogP contribution is 2.58. The largest absolute Gasteiger partial charge is 0.321 e. The van der Waals surface area contributed by atoms with Gasteiger partial charge in [0.15, 0.2) is 0 Å². The lowest BCUT2D eigenvalue weighted by molar-refractivity contribution is 0.00964. The van der Waals surface area contributed by atoms with Gasteiger partial charge in [0.1, 0.15) is 0 Å². The van der Waals surface area contributed by atoms with Gasteiger partial charge in [-0.3, -0.25) is 0 Å². The van der Waals surface area contributed by atoms with Crippen molar-refractivity contribution in [3.05, 3.63) is 35.4 Å². The maximum Gasteiger partial charge on any atom is 0.0420 e. The second kappa shape index (κ2) is 4.38. The van der Waals surface area contributed by atoms with Crippen LogP contribution in [0.3, 0.4) is 0 Å². The Labute approximate surface area is 111 Å². The van der Waals surface area contributed by atoms with E-state index in [0.717, 1.165) is 0 Å². The van der Waals surface area contributed by atoms with Gasteiger partial charge in [0.25, 0.3) is 0 Å². The van der Waals surface area contributed by atoms with E-state index in [-0.39, 0.29) is 5.54 Å². The molecular formula is C17H25N. The molecule has 2 fully saturated rings. The zero-order chi connectivity index (χ0) is 12.6. The molecule has 2 aliphatic rings. The maximum atomic E-state index is 6.63. The molecule has 1 heteroatoms. The van der Waals surface area contributed by atoms with Crippen LogP contribution in [0.5, 0.6) is 0 Å². The molecule has 0 atom stereocenters. The van der Waals surface area contributed by atoms with E-state index in [0.29, 0.717) is 5.41 Å². The zero-order valence-electron chi connectivity index (χ0n) is 11.5. The highest BCUT2D eigenvalue weighted by atomic mass is 14.8. The predicted octanol–water partition coefficient (Wildman–Crippen LogP) is 4.28. The number of hydrogen-bond acceptors (Lipinski definition) is 1. The molecule has 0 unspecified atom stereocenters. The maximum absolute atomic E-state index is 6.63. The van der Waals surface area contributed by atoms with Gasteiger partial charge in [-0.1, -0.05) is 55.5 Å². The summed E-state index contributed by atoms with van der Waals surface area (Å²) in [5, 5.41) is 0. The van der Waals surface area contributed by atoms with Crippen LogP contribution in [0.15, 0.2) is 24.3 Å². The molecule has 0 amide bonds. The standard InChI is InChI=1S/C17H25N/c1-14-6-8-15(9-7-14)17(18)12-16(13-17)10-4-2-3-5-11-16/h6-9H,2-5,10-13,18H2,1H3. The van der Waals surface area contributed by atoms with Crippen LogP contribution < -0.4 is 5.73 Å². The highest BCUT2D eigenvalue weighted by Gasteiger charge is 2.52. The summed E-state index contributed by atoms with van der Waals surface area (Å²) >= 11 is 0. The normalized spacial score (nSPS) is 25.4. The first-order valence-electron chi connectivity index (χ1n) is 7.48. The van der Waals surface area contributed by atoms with Gasteiger partial charge >= 0.3 is 0 Å². The fourth-order valence-electron chi connectivity index (χ4n) is 4.21. The minimum Gasteiger partial charge on any atom is -0.321 e. The average molecular weight is 243 g/mol. The van der Waals surface area contributed by atoms with E-state index in [1.807, 2.05) is 0 Å². The van der Waals surface area contributed by atoms with Crippen LogP contribution in [0.2, 0.25) is 0 Å². The van der Waals surface area contributed by atoms with Crippen molar-refractivity contribution in [3.8, 4) is 0 Å². The third-order valence-electron chi connectivity index (χ3n) is 5.17. The number of hydrogen-bond donors (Lipinski definition) is 1. The molecule has 98 valence electrons. The lowest BCUT2D eigenvalue weighted by atomic mass is 9.52. The van der Waals surface area contributed by atoms with Gasteiger partial charge in [0.05, 0.1) is 0 Å². The first-order chi connectivity index (χ1) is 8.62. The Hall–Kier alpha value is -0.820. The molecule has 2 N–H and O–H groups in total. The molecule has 1 aromatic rings. The lowest BCUT2D eigenvalue weighted by Gasteiger charge is -2.55. The van der Waals surface area contributed by atoms with E-state index in [4.69, 9.17) is 5.73 Å². The Morgan fingerprint density at radius 2 is 1.44 bits per heavy atom. The lowest BCUT2D eigenvalue weighted by Crippen LogP contribution is -2.55. The molecule has 0 bridgehead atoms. The predicted molar refractivity (Wildman–Crippen MR) is 76.4 cm³/mol. The summed E-state index contributed by atoms with van der Waals surface area (Å²) in [4.78, 5) is 0. The van der Waals surface area contributed by atoms with Crippen LogP contribution in [-0.2, 0) is 5.54 Å². The molecule has 1 spiro atoms. The van der Waals surface area contributed by atoms with Gasteiger partial charge in [-0.05, 0) is 43.6 Å². The topological polar surface area (TPSA) is 26.0 Å². The SMILES string of the molecule is Cc1ccc(C2(N)CC3(CCCCCC3)C2)cc1. The van der Waals surface area contributed by atoms with Gasteiger partial charge < -0.3 is 5.73 Å².